The van der Waals surface area contributed by atoms with Crippen molar-refractivity contribution in [3.63, 3.8) is 0 Å². The molecule has 1 N–H and O–H groups in total. The molecule has 0 fully saturated rings. The highest BCUT2D eigenvalue weighted by Gasteiger charge is 2.10. The Bertz CT molecular complexity index is 1120. The monoisotopic (exact) mass is 379 g/mol. The number of aromatic nitrogens is 1. The summed E-state index contributed by atoms with van der Waals surface area (Å²) in [5.41, 5.74) is 1.99. The van der Waals surface area contributed by atoms with Gasteiger partial charge in [0.1, 0.15) is 5.75 Å². The molecule has 0 spiro atoms. The first-order chi connectivity index (χ1) is 13.0. The van der Waals surface area contributed by atoms with Gasteiger partial charge in [0.2, 0.25) is 5.91 Å². The van der Waals surface area contributed by atoms with Crippen molar-refractivity contribution in [2.45, 2.75) is 13.5 Å². The van der Waals surface area contributed by atoms with Gasteiger partial charge in [0, 0.05) is 18.2 Å². The molecule has 27 heavy (non-hydrogen) atoms. The first kappa shape index (κ1) is 18.4. The molecule has 0 aliphatic heterocycles. The molecule has 0 atom stereocenters. The third-order valence-corrected chi connectivity index (χ3v) is 4.83. The van der Waals surface area contributed by atoms with E-state index in [-0.39, 0.29) is 18.4 Å². The number of rotatable bonds is 4. The Morgan fingerprint density at radius 1 is 1.26 bits per heavy atom. The molecule has 0 saturated carbocycles. The largest absolute Gasteiger partial charge is 0.497 e. The smallest absolute Gasteiger partial charge is 0.279 e. The van der Waals surface area contributed by atoms with E-state index in [9.17, 15) is 9.59 Å². The number of hydrogen-bond donors (Lipinski definition) is 1. The number of terminal acetylenes is 1. The average molecular weight is 379 g/mol. The van der Waals surface area contributed by atoms with Crippen LogP contribution in [-0.4, -0.2) is 23.5 Å². The lowest BCUT2D eigenvalue weighted by Crippen LogP contribution is -2.16. The molecule has 0 radical (unpaired) electrons. The van der Waals surface area contributed by atoms with Crippen molar-refractivity contribution in [2.75, 3.05) is 12.4 Å². The molecule has 3 rings (SSSR count). The van der Waals surface area contributed by atoms with Crippen LogP contribution < -0.4 is 14.9 Å². The molecule has 7 heteroatoms. The number of carbonyl (C=O) groups is 2. The fourth-order valence-corrected chi connectivity index (χ4v) is 3.64. The summed E-state index contributed by atoms with van der Waals surface area (Å²) in [6.45, 7) is 1.74. The van der Waals surface area contributed by atoms with Gasteiger partial charge in [-0.05, 0) is 42.5 Å². The van der Waals surface area contributed by atoms with E-state index < -0.39 is 0 Å². The van der Waals surface area contributed by atoms with E-state index in [0.29, 0.717) is 21.8 Å². The summed E-state index contributed by atoms with van der Waals surface area (Å²) in [6.07, 6.45) is 5.49. The van der Waals surface area contributed by atoms with E-state index >= 15 is 0 Å². The molecule has 2 aromatic carbocycles. The summed E-state index contributed by atoms with van der Waals surface area (Å²) in [5, 5.41) is 2.74. The van der Waals surface area contributed by atoms with Crippen LogP contribution in [0.3, 0.4) is 0 Å². The number of nitrogens with one attached hydrogen (secondary N) is 1. The SMILES string of the molecule is C#CCn1c(=NC(=O)c2ccc(OC)cc2)sc2cc(NC(C)=O)ccc21. The number of ether oxygens (including phenoxy) is 1. The van der Waals surface area contributed by atoms with Crippen molar-refractivity contribution in [3.8, 4) is 18.1 Å². The van der Waals surface area contributed by atoms with Gasteiger partial charge in [-0.15, -0.1) is 6.42 Å². The zero-order valence-corrected chi connectivity index (χ0v) is 15.7. The van der Waals surface area contributed by atoms with Gasteiger partial charge >= 0.3 is 0 Å². The average Bonchev–Trinajstić information content (AvgIpc) is 2.98. The van der Waals surface area contributed by atoms with Gasteiger partial charge in [-0.25, -0.2) is 0 Å². The van der Waals surface area contributed by atoms with Crippen molar-refractivity contribution in [2.24, 2.45) is 4.99 Å². The molecule has 0 unspecified atom stereocenters. The second-order valence-electron chi connectivity index (χ2n) is 5.68. The molecule has 2 amide bonds. The lowest BCUT2D eigenvalue weighted by molar-refractivity contribution is -0.114. The quantitative estimate of drug-likeness (QED) is 0.708. The van der Waals surface area contributed by atoms with Crippen LogP contribution in [0.15, 0.2) is 47.5 Å². The summed E-state index contributed by atoms with van der Waals surface area (Å²) in [4.78, 5) is 28.6. The minimum Gasteiger partial charge on any atom is -0.497 e. The molecule has 0 aliphatic carbocycles. The van der Waals surface area contributed by atoms with Crippen molar-refractivity contribution in [1.82, 2.24) is 4.57 Å². The number of hydrogen-bond acceptors (Lipinski definition) is 4. The van der Waals surface area contributed by atoms with E-state index in [1.807, 2.05) is 12.1 Å². The zero-order valence-electron chi connectivity index (χ0n) is 14.9. The number of fused-ring (bicyclic) bond motifs is 1. The number of anilines is 1. The number of nitrogens with zero attached hydrogens (tertiary/aromatic N) is 2. The summed E-state index contributed by atoms with van der Waals surface area (Å²) >= 11 is 1.34. The Morgan fingerprint density at radius 3 is 2.63 bits per heavy atom. The molecular weight excluding hydrogens is 362 g/mol. The summed E-state index contributed by atoms with van der Waals surface area (Å²) in [6, 6.07) is 12.2. The predicted molar refractivity (Wildman–Crippen MR) is 106 cm³/mol. The van der Waals surface area contributed by atoms with Crippen LogP contribution in [0.5, 0.6) is 5.75 Å². The Balaban J connectivity index is 2.06. The third-order valence-electron chi connectivity index (χ3n) is 3.79. The Kier molecular flexibility index (Phi) is 5.38. The van der Waals surface area contributed by atoms with Gasteiger partial charge < -0.3 is 14.6 Å². The molecular formula is C20H17N3O3S. The lowest BCUT2D eigenvalue weighted by atomic mass is 10.2. The first-order valence-electron chi connectivity index (χ1n) is 8.09. The van der Waals surface area contributed by atoms with Gasteiger partial charge in [-0.3, -0.25) is 9.59 Å². The highest BCUT2D eigenvalue weighted by atomic mass is 32.1. The molecule has 1 aromatic heterocycles. The molecule has 3 aromatic rings. The second-order valence-corrected chi connectivity index (χ2v) is 6.69. The fourth-order valence-electron chi connectivity index (χ4n) is 2.57. The molecule has 0 saturated heterocycles. The van der Waals surface area contributed by atoms with E-state index in [0.717, 1.165) is 10.2 Å². The number of benzene rings is 2. The number of thiazole rings is 1. The summed E-state index contributed by atoms with van der Waals surface area (Å²) in [5.74, 6) is 2.74. The van der Waals surface area contributed by atoms with Crippen LogP contribution in [-0.2, 0) is 11.3 Å². The maximum atomic E-state index is 12.5. The Morgan fingerprint density at radius 2 is 2.00 bits per heavy atom. The van der Waals surface area contributed by atoms with Crippen LogP contribution in [0.25, 0.3) is 10.2 Å². The Labute approximate surface area is 160 Å². The standard InChI is InChI=1S/C20H17N3O3S/c1-4-11-23-17-10-7-15(21-13(2)24)12-18(17)27-20(23)22-19(25)14-5-8-16(26-3)9-6-14/h1,5-10,12H,11H2,2-3H3,(H,21,24). The maximum Gasteiger partial charge on any atom is 0.279 e. The Hall–Kier alpha value is -3.37. The number of methoxy groups -OCH3 is 1. The van der Waals surface area contributed by atoms with Crippen LogP contribution in [0, 0.1) is 12.3 Å². The van der Waals surface area contributed by atoms with Crippen LogP contribution >= 0.6 is 11.3 Å². The second kappa shape index (κ2) is 7.89. The maximum absolute atomic E-state index is 12.5. The zero-order chi connectivity index (χ0) is 19.4. The molecule has 1 heterocycles. The highest BCUT2D eigenvalue weighted by molar-refractivity contribution is 7.16. The fraction of sp³-hybridized carbons (Fsp3) is 0.150. The van der Waals surface area contributed by atoms with E-state index in [1.165, 1.54) is 18.3 Å². The van der Waals surface area contributed by atoms with Crippen molar-refractivity contribution < 1.29 is 14.3 Å². The van der Waals surface area contributed by atoms with Crippen LogP contribution in [0.2, 0.25) is 0 Å². The van der Waals surface area contributed by atoms with E-state index in [1.54, 1.807) is 42.0 Å². The minimum atomic E-state index is -0.364. The van der Waals surface area contributed by atoms with Crippen molar-refractivity contribution in [1.29, 1.82) is 0 Å². The third kappa shape index (κ3) is 4.07. The topological polar surface area (TPSA) is 72.7 Å². The van der Waals surface area contributed by atoms with Crippen molar-refractivity contribution >= 4 is 39.1 Å². The predicted octanol–water partition coefficient (Wildman–Crippen LogP) is 3.04. The number of carbonyl (C=O) groups excluding carboxylic acids is 2. The van der Waals surface area contributed by atoms with Crippen LogP contribution in [0.4, 0.5) is 5.69 Å². The van der Waals surface area contributed by atoms with Gasteiger partial charge in [0.25, 0.3) is 5.91 Å². The van der Waals surface area contributed by atoms with E-state index in [2.05, 4.69) is 16.2 Å². The van der Waals surface area contributed by atoms with Gasteiger partial charge in [-0.1, -0.05) is 17.3 Å². The van der Waals surface area contributed by atoms with Gasteiger partial charge in [0.15, 0.2) is 4.80 Å². The van der Waals surface area contributed by atoms with Gasteiger partial charge in [-0.2, -0.15) is 4.99 Å². The summed E-state index contributed by atoms with van der Waals surface area (Å²) in [7, 11) is 1.57. The highest BCUT2D eigenvalue weighted by Crippen LogP contribution is 2.22. The van der Waals surface area contributed by atoms with E-state index in [4.69, 9.17) is 11.2 Å². The first-order valence-corrected chi connectivity index (χ1v) is 8.91. The van der Waals surface area contributed by atoms with Crippen LogP contribution in [0.1, 0.15) is 17.3 Å². The minimum absolute atomic E-state index is 0.151. The van der Waals surface area contributed by atoms with Gasteiger partial charge in [0.05, 0.1) is 23.9 Å². The molecule has 136 valence electrons. The summed E-state index contributed by atoms with van der Waals surface area (Å²) < 4.78 is 7.78. The molecule has 6 nitrogen and oxygen atoms in total. The number of amides is 2. The molecule has 0 bridgehead atoms. The molecule has 0 aliphatic rings. The van der Waals surface area contributed by atoms with Crippen molar-refractivity contribution in [3.05, 3.63) is 52.8 Å². The lowest BCUT2D eigenvalue weighted by Gasteiger charge is -2.03. The normalized spacial score (nSPS) is 11.2.